The van der Waals surface area contributed by atoms with E-state index in [9.17, 15) is 32.6 Å². The Morgan fingerprint density at radius 2 is 1.95 bits per heavy atom. The lowest BCUT2D eigenvalue weighted by atomic mass is 9.63. The topological polar surface area (TPSA) is 180 Å². The average Bonchev–Trinajstić information content (AvgIpc) is 2.79. The lowest BCUT2D eigenvalue weighted by Gasteiger charge is -2.42. The van der Waals surface area contributed by atoms with Crippen molar-refractivity contribution in [3.8, 4) is 5.75 Å². The van der Waals surface area contributed by atoms with Crippen LogP contribution in [-0.4, -0.2) is 97.1 Å². The summed E-state index contributed by atoms with van der Waals surface area (Å²) in [5.74, 6) is -2.91. The number of urea groups is 1. The van der Waals surface area contributed by atoms with Crippen molar-refractivity contribution >= 4 is 41.0 Å². The molecule has 1 aromatic rings. The molecule has 0 spiro atoms. The lowest BCUT2D eigenvalue weighted by molar-refractivity contribution is -0.153. The Bertz CT molecular complexity index is 1220. The van der Waals surface area contributed by atoms with Gasteiger partial charge in [0.2, 0.25) is 0 Å². The maximum atomic E-state index is 13.4. The number of likely N-dealkylation sites (N-methyl/N-ethyl adjacent to an activating group) is 1. The van der Waals surface area contributed by atoms with Gasteiger partial charge in [-0.2, -0.15) is 12.7 Å². The van der Waals surface area contributed by atoms with E-state index in [1.54, 1.807) is 6.92 Å². The molecule has 200 valence electrons. The van der Waals surface area contributed by atoms with E-state index in [2.05, 4.69) is 5.32 Å². The summed E-state index contributed by atoms with van der Waals surface area (Å²) in [6, 6.07) is 3.47. The molecule has 0 radical (unpaired) electrons. The summed E-state index contributed by atoms with van der Waals surface area (Å²) < 4.78 is 29.9. The summed E-state index contributed by atoms with van der Waals surface area (Å²) in [5, 5.41) is 18.3. The highest BCUT2D eigenvalue weighted by Gasteiger charge is 2.46. The van der Waals surface area contributed by atoms with Gasteiger partial charge >= 0.3 is 25.0 Å². The number of hydrogen-bond donors (Lipinski definition) is 3. The molecule has 2 fully saturated rings. The van der Waals surface area contributed by atoms with Gasteiger partial charge in [0.25, 0.3) is 10.2 Å². The molecular formula is C22H30BN5O8S. The van der Waals surface area contributed by atoms with Crippen LogP contribution in [0.2, 0.25) is 5.82 Å². The monoisotopic (exact) mass is 535 g/mol. The normalized spacial score (nSPS) is 21.7. The molecule has 15 heteroatoms. The Balaban J connectivity index is 1.49. The molecule has 3 aliphatic rings. The van der Waals surface area contributed by atoms with Gasteiger partial charge in [0.15, 0.2) is 5.78 Å². The van der Waals surface area contributed by atoms with Gasteiger partial charge in [-0.3, -0.25) is 19.3 Å². The number of amides is 4. The Morgan fingerprint density at radius 1 is 1.24 bits per heavy atom. The number of nitrogens with two attached hydrogens (primary N) is 1. The molecule has 1 unspecified atom stereocenters. The zero-order valence-corrected chi connectivity index (χ0v) is 21.4. The molecule has 4 rings (SSSR count). The Kier molecular flexibility index (Phi) is 7.60. The summed E-state index contributed by atoms with van der Waals surface area (Å²) in [5.41, 5.74) is 1.69. The standard InChI is InChI=1S/C22H30BN5O8S/c1-3-26-7-8-28(21(31)20(26)30)22(32)25-18(15-11-27(12-15)37(24,34)35)17(29)10-16-9-14-6-4-5-13(2)19(14)36-23(16)33/h4-6,15-16,18,33H,3,7-12H2,1-2H3,(H,25,32)(H2,24,34,35)/t16-,18?/m1/s1. The number of nitrogens with zero attached hydrogens (tertiary/aromatic N) is 3. The number of carbonyl (C=O) groups is 4. The molecule has 0 aromatic heterocycles. The van der Waals surface area contributed by atoms with Crippen molar-refractivity contribution in [1.82, 2.24) is 19.4 Å². The van der Waals surface area contributed by atoms with E-state index in [0.717, 1.165) is 20.3 Å². The Morgan fingerprint density at radius 3 is 2.59 bits per heavy atom. The second-order valence-electron chi connectivity index (χ2n) is 9.60. The summed E-state index contributed by atoms with van der Waals surface area (Å²) in [6.45, 7) is 3.82. The minimum Gasteiger partial charge on any atom is -0.536 e. The number of imide groups is 1. The van der Waals surface area contributed by atoms with Crippen molar-refractivity contribution in [3.05, 3.63) is 29.3 Å². The first-order chi connectivity index (χ1) is 17.4. The molecular weight excluding hydrogens is 505 g/mol. The highest BCUT2D eigenvalue weighted by molar-refractivity contribution is 7.86. The van der Waals surface area contributed by atoms with Crippen molar-refractivity contribution in [2.45, 2.75) is 38.5 Å². The molecule has 4 N–H and O–H groups in total. The highest BCUT2D eigenvalue weighted by atomic mass is 32.2. The number of ketones is 1. The fourth-order valence-corrected chi connectivity index (χ4v) is 5.73. The van der Waals surface area contributed by atoms with Gasteiger partial charge in [-0.05, 0) is 31.4 Å². The van der Waals surface area contributed by atoms with Gasteiger partial charge in [0, 0.05) is 50.9 Å². The minimum absolute atomic E-state index is 0.0373. The minimum atomic E-state index is -3.97. The molecule has 3 heterocycles. The van der Waals surface area contributed by atoms with Crippen molar-refractivity contribution in [3.63, 3.8) is 0 Å². The van der Waals surface area contributed by atoms with Crippen LogP contribution in [0.1, 0.15) is 24.5 Å². The average molecular weight is 535 g/mol. The van der Waals surface area contributed by atoms with Crippen LogP contribution < -0.4 is 15.1 Å². The van der Waals surface area contributed by atoms with Crippen LogP contribution in [-0.2, 0) is 31.0 Å². The zero-order chi connectivity index (χ0) is 27.1. The van der Waals surface area contributed by atoms with Gasteiger partial charge in [-0.25, -0.2) is 9.93 Å². The van der Waals surface area contributed by atoms with Crippen LogP contribution in [0, 0.1) is 12.8 Å². The number of para-hydroxylation sites is 1. The van der Waals surface area contributed by atoms with Gasteiger partial charge < -0.3 is 19.9 Å². The van der Waals surface area contributed by atoms with Gasteiger partial charge in [-0.1, -0.05) is 18.2 Å². The SMILES string of the molecule is CCN1CCN(C(=O)NC(C(=O)C[C@H]2Cc3cccc(C)c3OB2O)C2CN(S(N)(=O)=O)C2)C(=O)C1=O. The number of Topliss-reactive ketones (excluding diaryl/α,β-unsaturated/α-hetero) is 1. The summed E-state index contributed by atoms with van der Waals surface area (Å²) >= 11 is 0. The first-order valence-electron chi connectivity index (χ1n) is 12.1. The quantitative estimate of drug-likeness (QED) is 0.283. The van der Waals surface area contributed by atoms with Crippen LogP contribution in [0.4, 0.5) is 4.79 Å². The molecule has 2 saturated heterocycles. The molecule has 37 heavy (non-hydrogen) atoms. The van der Waals surface area contributed by atoms with Gasteiger partial charge in [0.1, 0.15) is 5.75 Å². The van der Waals surface area contributed by atoms with Crippen LogP contribution >= 0.6 is 0 Å². The third-order valence-corrected chi connectivity index (χ3v) is 8.17. The van der Waals surface area contributed by atoms with Gasteiger partial charge in [-0.15, -0.1) is 0 Å². The van der Waals surface area contributed by atoms with Crippen LogP contribution in [0.3, 0.4) is 0 Å². The number of hydrogen-bond acceptors (Lipinski definition) is 8. The van der Waals surface area contributed by atoms with E-state index in [1.807, 2.05) is 25.1 Å². The number of fused-ring (bicyclic) bond motifs is 1. The Hall–Kier alpha value is -3.01. The number of nitrogens with one attached hydrogen (secondary N) is 1. The predicted molar refractivity (Wildman–Crippen MR) is 131 cm³/mol. The predicted octanol–water partition coefficient (Wildman–Crippen LogP) is -1.36. The van der Waals surface area contributed by atoms with Crippen LogP contribution in [0.5, 0.6) is 5.75 Å². The maximum Gasteiger partial charge on any atom is 0.526 e. The number of aryl methyl sites for hydroxylation is 1. The fourth-order valence-electron chi connectivity index (χ4n) is 4.93. The molecule has 0 bridgehead atoms. The largest absolute Gasteiger partial charge is 0.536 e. The number of piperazine rings is 1. The zero-order valence-electron chi connectivity index (χ0n) is 20.6. The number of benzene rings is 1. The van der Waals surface area contributed by atoms with E-state index >= 15 is 0 Å². The smallest absolute Gasteiger partial charge is 0.526 e. The van der Waals surface area contributed by atoms with E-state index in [-0.39, 0.29) is 32.6 Å². The molecule has 13 nitrogen and oxygen atoms in total. The third-order valence-electron chi connectivity index (χ3n) is 7.15. The van der Waals surface area contributed by atoms with Crippen molar-refractivity contribution < 1.29 is 37.3 Å². The lowest BCUT2D eigenvalue weighted by Crippen LogP contribution is -2.65. The summed E-state index contributed by atoms with van der Waals surface area (Å²) in [6.07, 6.45) is 0.201. The van der Waals surface area contributed by atoms with E-state index in [4.69, 9.17) is 9.79 Å². The molecule has 3 aliphatic heterocycles. The fraction of sp³-hybridized carbons (Fsp3) is 0.545. The number of carbonyl (C=O) groups excluding carboxylic acids is 4. The van der Waals surface area contributed by atoms with Crippen molar-refractivity contribution in [2.24, 2.45) is 11.1 Å². The maximum absolute atomic E-state index is 13.4. The highest BCUT2D eigenvalue weighted by Crippen LogP contribution is 2.36. The van der Waals surface area contributed by atoms with Crippen molar-refractivity contribution in [2.75, 3.05) is 32.7 Å². The van der Waals surface area contributed by atoms with Gasteiger partial charge in [0.05, 0.1) is 6.04 Å². The van der Waals surface area contributed by atoms with Crippen LogP contribution in [0.25, 0.3) is 0 Å². The summed E-state index contributed by atoms with van der Waals surface area (Å²) in [7, 11) is -5.22. The molecule has 4 amide bonds. The molecule has 0 aliphatic carbocycles. The van der Waals surface area contributed by atoms with E-state index in [1.165, 1.54) is 4.90 Å². The second-order valence-corrected chi connectivity index (χ2v) is 11.1. The molecule has 0 saturated carbocycles. The van der Waals surface area contributed by atoms with Crippen molar-refractivity contribution in [1.29, 1.82) is 0 Å². The molecule has 1 aromatic carbocycles. The Labute approximate surface area is 215 Å². The first-order valence-corrected chi connectivity index (χ1v) is 13.6. The van der Waals surface area contributed by atoms with E-state index < -0.39 is 58.7 Å². The second kappa shape index (κ2) is 10.4. The third kappa shape index (κ3) is 5.49. The summed E-state index contributed by atoms with van der Waals surface area (Å²) in [4.78, 5) is 53.2. The van der Waals surface area contributed by atoms with E-state index in [0.29, 0.717) is 18.7 Å². The molecule has 2 atom stereocenters. The first kappa shape index (κ1) is 27.0. The number of rotatable bonds is 7. The van der Waals surface area contributed by atoms with Crippen LogP contribution in [0.15, 0.2) is 18.2 Å².